The molecule has 23 heavy (non-hydrogen) atoms. The lowest BCUT2D eigenvalue weighted by Gasteiger charge is -2.06. The summed E-state index contributed by atoms with van der Waals surface area (Å²) >= 11 is 0. The molecule has 1 heterocycles. The minimum Gasteiger partial charge on any atom is -0.478 e. The molecule has 2 aromatic rings. The molecule has 122 valence electrons. The highest BCUT2D eigenvalue weighted by molar-refractivity contribution is 5.95. The second-order valence-electron chi connectivity index (χ2n) is 5.30. The van der Waals surface area contributed by atoms with Gasteiger partial charge >= 0.3 is 5.97 Å². The average molecular weight is 316 g/mol. The molecule has 0 bridgehead atoms. The maximum absolute atomic E-state index is 12.0. The normalized spacial score (nSPS) is 10.7. The zero-order valence-corrected chi connectivity index (χ0v) is 13.2. The minimum atomic E-state index is -1.02. The summed E-state index contributed by atoms with van der Waals surface area (Å²) in [6, 6.07) is 7.63. The van der Waals surface area contributed by atoms with Gasteiger partial charge in [-0.15, -0.1) is 0 Å². The summed E-state index contributed by atoms with van der Waals surface area (Å²) < 4.78 is 5.24. The van der Waals surface area contributed by atoms with Gasteiger partial charge in [0.1, 0.15) is 0 Å². The predicted molar refractivity (Wildman–Crippen MR) is 84.4 cm³/mol. The maximum Gasteiger partial charge on any atom is 0.335 e. The van der Waals surface area contributed by atoms with Gasteiger partial charge in [-0.2, -0.15) is 0 Å². The summed E-state index contributed by atoms with van der Waals surface area (Å²) in [5, 5.41) is 15.6. The smallest absolute Gasteiger partial charge is 0.335 e. The fourth-order valence-electron chi connectivity index (χ4n) is 2.35. The molecule has 0 aliphatic heterocycles. The van der Waals surface area contributed by atoms with Gasteiger partial charge in [0.15, 0.2) is 5.76 Å². The predicted octanol–water partition coefficient (Wildman–Crippen LogP) is 3.21. The van der Waals surface area contributed by atoms with Gasteiger partial charge in [0.2, 0.25) is 0 Å². The van der Waals surface area contributed by atoms with Crippen LogP contribution in [0, 0.1) is 0 Å². The summed E-state index contributed by atoms with van der Waals surface area (Å²) in [5.41, 5.74) is 1.45. The molecule has 1 amide bonds. The molecule has 0 aliphatic carbocycles. The Bertz CT molecular complexity index is 672. The van der Waals surface area contributed by atoms with Crippen molar-refractivity contribution in [2.24, 2.45) is 0 Å². The molecule has 0 atom stereocenters. The summed E-state index contributed by atoms with van der Waals surface area (Å²) in [5.74, 6) is -0.343. The molecule has 6 nitrogen and oxygen atoms in total. The van der Waals surface area contributed by atoms with Crippen molar-refractivity contribution >= 4 is 11.9 Å². The van der Waals surface area contributed by atoms with Crippen molar-refractivity contribution in [1.82, 2.24) is 10.5 Å². The van der Waals surface area contributed by atoms with E-state index in [1.165, 1.54) is 24.3 Å². The Labute approximate surface area is 134 Å². The summed E-state index contributed by atoms with van der Waals surface area (Å²) in [4.78, 5) is 22.8. The van der Waals surface area contributed by atoms with E-state index in [-0.39, 0.29) is 18.0 Å². The monoisotopic (exact) mass is 316 g/mol. The van der Waals surface area contributed by atoms with Crippen LogP contribution in [0.1, 0.15) is 64.8 Å². The molecule has 1 aromatic heterocycles. The Hall–Kier alpha value is -2.63. The van der Waals surface area contributed by atoms with Crippen LogP contribution < -0.4 is 5.32 Å². The van der Waals surface area contributed by atoms with E-state index in [1.54, 1.807) is 0 Å². The third-order valence-electron chi connectivity index (χ3n) is 3.80. The van der Waals surface area contributed by atoms with E-state index in [2.05, 4.69) is 24.3 Å². The van der Waals surface area contributed by atoms with Crippen LogP contribution in [-0.2, 0) is 6.54 Å². The van der Waals surface area contributed by atoms with Gasteiger partial charge < -0.3 is 14.9 Å². The number of aromatic nitrogens is 1. The number of aromatic carboxylic acids is 1. The lowest BCUT2D eigenvalue weighted by molar-refractivity contribution is 0.0696. The average Bonchev–Trinajstić information content (AvgIpc) is 3.02. The number of hydrogen-bond acceptors (Lipinski definition) is 4. The van der Waals surface area contributed by atoms with Crippen LogP contribution in [0.2, 0.25) is 0 Å². The molecule has 0 spiro atoms. The standard InChI is InChI=1S/C17H20N2O4/c1-3-11(4-2)15-9-14(23-19-15)10-18-16(20)12-5-7-13(8-6-12)17(21)22/h5-9,11H,3-4,10H2,1-2H3,(H,18,20)(H,21,22). The van der Waals surface area contributed by atoms with E-state index >= 15 is 0 Å². The molecule has 1 aromatic carbocycles. The van der Waals surface area contributed by atoms with Crippen LogP contribution in [-0.4, -0.2) is 22.1 Å². The fraction of sp³-hybridized carbons (Fsp3) is 0.353. The van der Waals surface area contributed by atoms with Crippen molar-refractivity contribution in [3.63, 3.8) is 0 Å². The Morgan fingerprint density at radius 1 is 1.17 bits per heavy atom. The molecule has 0 radical (unpaired) electrons. The second kappa shape index (κ2) is 7.58. The van der Waals surface area contributed by atoms with Crippen LogP contribution >= 0.6 is 0 Å². The van der Waals surface area contributed by atoms with E-state index in [9.17, 15) is 9.59 Å². The SMILES string of the molecule is CCC(CC)c1cc(CNC(=O)c2ccc(C(=O)O)cc2)on1. The minimum absolute atomic E-state index is 0.145. The zero-order valence-electron chi connectivity index (χ0n) is 13.2. The highest BCUT2D eigenvalue weighted by Gasteiger charge is 2.14. The van der Waals surface area contributed by atoms with Gasteiger partial charge in [-0.1, -0.05) is 19.0 Å². The molecule has 0 unspecified atom stereocenters. The van der Waals surface area contributed by atoms with Crippen molar-refractivity contribution in [2.45, 2.75) is 39.2 Å². The Morgan fingerprint density at radius 3 is 2.35 bits per heavy atom. The van der Waals surface area contributed by atoms with Crippen LogP contribution in [0.25, 0.3) is 0 Å². The third-order valence-corrected chi connectivity index (χ3v) is 3.80. The first-order chi connectivity index (χ1) is 11.0. The van der Waals surface area contributed by atoms with Gasteiger partial charge in [0.25, 0.3) is 5.91 Å². The zero-order chi connectivity index (χ0) is 16.8. The number of carboxylic acid groups (broad SMARTS) is 1. The number of amides is 1. The highest BCUT2D eigenvalue weighted by Crippen LogP contribution is 2.22. The number of hydrogen-bond donors (Lipinski definition) is 2. The van der Waals surface area contributed by atoms with E-state index in [4.69, 9.17) is 9.63 Å². The van der Waals surface area contributed by atoms with Crippen molar-refractivity contribution in [2.75, 3.05) is 0 Å². The van der Waals surface area contributed by atoms with E-state index in [0.29, 0.717) is 17.2 Å². The number of carbonyl (C=O) groups excluding carboxylic acids is 1. The summed E-state index contributed by atoms with van der Waals surface area (Å²) in [6.07, 6.45) is 1.98. The van der Waals surface area contributed by atoms with E-state index in [1.807, 2.05) is 6.07 Å². The lowest BCUT2D eigenvalue weighted by atomic mass is 9.99. The molecule has 6 heteroatoms. The van der Waals surface area contributed by atoms with Crippen LogP contribution in [0.4, 0.5) is 0 Å². The topological polar surface area (TPSA) is 92.4 Å². The molecular formula is C17H20N2O4. The van der Waals surface area contributed by atoms with E-state index in [0.717, 1.165) is 18.5 Å². The Morgan fingerprint density at radius 2 is 1.78 bits per heavy atom. The summed E-state index contributed by atoms with van der Waals surface area (Å²) in [6.45, 7) is 4.45. The Kier molecular flexibility index (Phi) is 5.51. The van der Waals surface area contributed by atoms with Gasteiger partial charge in [0, 0.05) is 17.5 Å². The van der Waals surface area contributed by atoms with Crippen molar-refractivity contribution in [1.29, 1.82) is 0 Å². The van der Waals surface area contributed by atoms with Crippen LogP contribution in [0.3, 0.4) is 0 Å². The number of carbonyl (C=O) groups is 2. The number of nitrogens with one attached hydrogen (secondary N) is 1. The van der Waals surface area contributed by atoms with Gasteiger partial charge in [-0.3, -0.25) is 4.79 Å². The van der Waals surface area contributed by atoms with Crippen molar-refractivity contribution in [3.8, 4) is 0 Å². The number of benzene rings is 1. The lowest BCUT2D eigenvalue weighted by Crippen LogP contribution is -2.22. The molecule has 2 rings (SSSR count). The first kappa shape index (κ1) is 16.7. The second-order valence-corrected chi connectivity index (χ2v) is 5.30. The summed E-state index contributed by atoms with van der Waals surface area (Å²) in [7, 11) is 0. The van der Waals surface area contributed by atoms with Gasteiger partial charge in [-0.05, 0) is 37.1 Å². The van der Waals surface area contributed by atoms with Gasteiger partial charge in [-0.25, -0.2) is 4.79 Å². The number of nitrogens with zero attached hydrogens (tertiary/aromatic N) is 1. The molecule has 0 aliphatic rings. The molecule has 0 saturated carbocycles. The largest absolute Gasteiger partial charge is 0.478 e. The van der Waals surface area contributed by atoms with E-state index < -0.39 is 5.97 Å². The molecular weight excluding hydrogens is 296 g/mol. The first-order valence-corrected chi connectivity index (χ1v) is 7.62. The number of rotatable bonds is 7. The number of carboxylic acids is 1. The fourth-order valence-corrected chi connectivity index (χ4v) is 2.35. The maximum atomic E-state index is 12.0. The molecule has 0 fully saturated rings. The highest BCUT2D eigenvalue weighted by atomic mass is 16.5. The van der Waals surface area contributed by atoms with Crippen LogP contribution in [0.15, 0.2) is 34.9 Å². The third kappa shape index (κ3) is 4.18. The van der Waals surface area contributed by atoms with Gasteiger partial charge in [0.05, 0.1) is 17.8 Å². The quantitative estimate of drug-likeness (QED) is 0.818. The molecule has 0 saturated heterocycles. The molecule has 2 N–H and O–H groups in total. The Balaban J connectivity index is 1.95. The van der Waals surface area contributed by atoms with Crippen molar-refractivity contribution in [3.05, 3.63) is 52.9 Å². The van der Waals surface area contributed by atoms with Crippen molar-refractivity contribution < 1.29 is 19.2 Å². The van der Waals surface area contributed by atoms with Crippen LogP contribution in [0.5, 0.6) is 0 Å². The first-order valence-electron chi connectivity index (χ1n) is 7.62.